The molecule has 2 nitrogen and oxygen atoms in total. The Labute approximate surface area is 124 Å². The Hall–Kier alpha value is -0.610. The zero-order chi connectivity index (χ0) is 14.5. The number of hydrogen-bond acceptors (Lipinski definition) is 3. The van der Waals surface area contributed by atoms with E-state index in [1.165, 1.54) is 10.5 Å². The first-order valence-corrected chi connectivity index (χ1v) is 8.66. The predicted octanol–water partition coefficient (Wildman–Crippen LogP) is 4.50. The molecular formula is C15H23NOS2. The summed E-state index contributed by atoms with van der Waals surface area (Å²) in [4.78, 5) is 12.8. The van der Waals surface area contributed by atoms with Gasteiger partial charge in [-0.05, 0) is 11.6 Å². The number of nitrogens with one attached hydrogen (secondary N) is 1. The van der Waals surface area contributed by atoms with Crippen molar-refractivity contribution in [3.8, 4) is 0 Å². The summed E-state index contributed by atoms with van der Waals surface area (Å²) >= 11 is 0. The molecule has 0 aliphatic carbocycles. The van der Waals surface area contributed by atoms with E-state index in [1.807, 2.05) is 36.8 Å². The van der Waals surface area contributed by atoms with Crippen molar-refractivity contribution in [1.29, 1.82) is 0 Å². The van der Waals surface area contributed by atoms with Crippen LogP contribution < -0.4 is 5.32 Å². The molecule has 106 valence electrons. The van der Waals surface area contributed by atoms with Crippen LogP contribution in [0, 0.1) is 5.92 Å². The zero-order valence-electron chi connectivity index (χ0n) is 12.3. The van der Waals surface area contributed by atoms with Crippen molar-refractivity contribution in [3.63, 3.8) is 0 Å². The highest BCUT2D eigenvalue weighted by atomic mass is 33.1. The molecule has 1 amide bonds. The fraction of sp³-hybridized carbons (Fsp3) is 0.533. The van der Waals surface area contributed by atoms with Crippen LogP contribution in [-0.4, -0.2) is 10.7 Å². The van der Waals surface area contributed by atoms with E-state index in [1.54, 1.807) is 10.8 Å². The lowest BCUT2D eigenvalue weighted by atomic mass is 10.2. The maximum absolute atomic E-state index is 11.6. The number of carbonyl (C=O) groups is 1. The molecule has 0 aliphatic heterocycles. The van der Waals surface area contributed by atoms with Gasteiger partial charge in [-0.25, -0.2) is 0 Å². The molecule has 0 saturated heterocycles. The zero-order valence-corrected chi connectivity index (χ0v) is 14.0. The second-order valence-electron chi connectivity index (χ2n) is 5.76. The molecule has 0 aromatic heterocycles. The quantitative estimate of drug-likeness (QED) is 0.811. The molecule has 0 saturated carbocycles. The summed E-state index contributed by atoms with van der Waals surface area (Å²) in [6, 6.07) is 8.24. The van der Waals surface area contributed by atoms with E-state index in [4.69, 9.17) is 0 Å². The average Bonchev–Trinajstić information content (AvgIpc) is 2.33. The molecule has 1 aromatic rings. The van der Waals surface area contributed by atoms with Crippen molar-refractivity contribution in [1.82, 2.24) is 5.32 Å². The molecule has 1 rings (SSSR count). The number of hydrogen-bond donors (Lipinski definition) is 1. The average molecular weight is 297 g/mol. The molecule has 0 aliphatic rings. The topological polar surface area (TPSA) is 29.1 Å². The van der Waals surface area contributed by atoms with Gasteiger partial charge in [-0.15, -0.1) is 0 Å². The third kappa shape index (κ3) is 6.39. The van der Waals surface area contributed by atoms with Crippen molar-refractivity contribution >= 4 is 27.5 Å². The van der Waals surface area contributed by atoms with Gasteiger partial charge in [0.05, 0.1) is 0 Å². The van der Waals surface area contributed by atoms with Crippen LogP contribution in [0.25, 0.3) is 0 Å². The van der Waals surface area contributed by atoms with E-state index < -0.39 is 0 Å². The van der Waals surface area contributed by atoms with Gasteiger partial charge in [-0.2, -0.15) is 0 Å². The van der Waals surface area contributed by atoms with Crippen molar-refractivity contribution in [3.05, 3.63) is 29.8 Å². The van der Waals surface area contributed by atoms with Crippen molar-refractivity contribution in [2.45, 2.75) is 50.8 Å². The second-order valence-corrected chi connectivity index (χ2v) is 8.76. The van der Waals surface area contributed by atoms with E-state index in [0.29, 0.717) is 6.54 Å². The van der Waals surface area contributed by atoms with Crippen LogP contribution >= 0.6 is 21.6 Å². The van der Waals surface area contributed by atoms with Gasteiger partial charge in [0.25, 0.3) is 0 Å². The number of benzene rings is 1. The Morgan fingerprint density at radius 3 is 2.47 bits per heavy atom. The van der Waals surface area contributed by atoms with Crippen molar-refractivity contribution in [2.24, 2.45) is 5.92 Å². The van der Waals surface area contributed by atoms with E-state index in [2.05, 4.69) is 38.2 Å². The molecule has 19 heavy (non-hydrogen) atoms. The van der Waals surface area contributed by atoms with Gasteiger partial charge < -0.3 is 5.32 Å². The third-order valence-electron chi connectivity index (χ3n) is 2.33. The lowest BCUT2D eigenvalue weighted by Crippen LogP contribution is -2.27. The normalized spacial score (nSPS) is 11.7. The summed E-state index contributed by atoms with van der Waals surface area (Å²) in [5.41, 5.74) is 1.18. The minimum absolute atomic E-state index is 0.0313. The Kier molecular flexibility index (Phi) is 6.27. The smallest absolute Gasteiger partial charge is 0.222 e. The third-order valence-corrected chi connectivity index (χ3v) is 5.78. The summed E-state index contributed by atoms with van der Waals surface area (Å²) in [6.45, 7) is 11.0. The van der Waals surface area contributed by atoms with Gasteiger partial charge in [-0.3, -0.25) is 4.79 Å². The lowest BCUT2D eigenvalue weighted by Gasteiger charge is -2.18. The highest BCUT2D eigenvalue weighted by Gasteiger charge is 2.14. The van der Waals surface area contributed by atoms with E-state index in [9.17, 15) is 4.79 Å². The van der Waals surface area contributed by atoms with Crippen LogP contribution in [0.5, 0.6) is 0 Å². The van der Waals surface area contributed by atoms with Crippen LogP contribution in [-0.2, 0) is 11.3 Å². The van der Waals surface area contributed by atoms with Crippen LogP contribution in [0.2, 0.25) is 0 Å². The standard InChI is InChI=1S/C15H23NOS2/c1-11(2)14(17)16-10-12-8-6-7-9-13(12)18-19-15(3,4)5/h6-9,11H,10H2,1-5H3,(H,16,17). The number of carbonyl (C=O) groups excluding carboxylic acids is 1. The number of amides is 1. The Morgan fingerprint density at radius 2 is 1.89 bits per heavy atom. The molecule has 0 fully saturated rings. The summed E-state index contributed by atoms with van der Waals surface area (Å²) in [6.07, 6.45) is 0. The Bertz CT molecular complexity index is 424. The maximum Gasteiger partial charge on any atom is 0.222 e. The summed E-state index contributed by atoms with van der Waals surface area (Å²) in [5, 5.41) is 2.97. The highest BCUT2D eigenvalue weighted by molar-refractivity contribution is 8.77. The van der Waals surface area contributed by atoms with Gasteiger partial charge in [0.2, 0.25) is 5.91 Å². The largest absolute Gasteiger partial charge is 0.352 e. The monoisotopic (exact) mass is 297 g/mol. The SMILES string of the molecule is CC(C)C(=O)NCc1ccccc1SSC(C)(C)C. The number of rotatable bonds is 5. The molecule has 0 heterocycles. The minimum Gasteiger partial charge on any atom is -0.352 e. The van der Waals surface area contributed by atoms with Crippen molar-refractivity contribution in [2.75, 3.05) is 0 Å². The Balaban J connectivity index is 2.65. The molecule has 1 N–H and O–H groups in total. The second kappa shape index (κ2) is 7.25. The van der Waals surface area contributed by atoms with Gasteiger partial charge >= 0.3 is 0 Å². The predicted molar refractivity (Wildman–Crippen MR) is 86.3 cm³/mol. The maximum atomic E-state index is 11.6. The highest BCUT2D eigenvalue weighted by Crippen LogP contribution is 2.41. The van der Waals surface area contributed by atoms with Gasteiger partial charge in [0.1, 0.15) is 0 Å². The Morgan fingerprint density at radius 1 is 1.26 bits per heavy atom. The van der Waals surface area contributed by atoms with Crippen LogP contribution in [0.1, 0.15) is 40.2 Å². The molecular weight excluding hydrogens is 274 g/mol. The molecule has 0 atom stereocenters. The first-order valence-electron chi connectivity index (χ1n) is 6.51. The summed E-state index contributed by atoms with van der Waals surface area (Å²) in [5.74, 6) is 0.132. The fourth-order valence-corrected chi connectivity index (χ4v) is 3.52. The van der Waals surface area contributed by atoms with E-state index >= 15 is 0 Å². The summed E-state index contributed by atoms with van der Waals surface area (Å²) < 4.78 is 0.221. The molecule has 0 unspecified atom stereocenters. The van der Waals surface area contributed by atoms with Crippen molar-refractivity contribution < 1.29 is 4.79 Å². The van der Waals surface area contributed by atoms with Crippen LogP contribution in [0.15, 0.2) is 29.2 Å². The molecule has 0 bridgehead atoms. The first-order chi connectivity index (χ1) is 8.79. The first kappa shape index (κ1) is 16.4. The van der Waals surface area contributed by atoms with Gasteiger partial charge in [-0.1, -0.05) is 74.4 Å². The molecule has 0 radical (unpaired) electrons. The summed E-state index contributed by atoms with van der Waals surface area (Å²) in [7, 11) is 3.62. The minimum atomic E-state index is 0.0313. The molecule has 4 heteroatoms. The van der Waals surface area contributed by atoms with Gasteiger partial charge in [0.15, 0.2) is 0 Å². The fourth-order valence-electron chi connectivity index (χ4n) is 1.29. The van der Waals surface area contributed by atoms with Gasteiger partial charge in [0, 0.05) is 22.1 Å². The van der Waals surface area contributed by atoms with Crippen LogP contribution in [0.3, 0.4) is 0 Å². The molecule has 1 aromatic carbocycles. The van der Waals surface area contributed by atoms with E-state index in [0.717, 1.165) is 0 Å². The molecule has 0 spiro atoms. The van der Waals surface area contributed by atoms with E-state index in [-0.39, 0.29) is 16.6 Å². The van der Waals surface area contributed by atoms with Crippen LogP contribution in [0.4, 0.5) is 0 Å². The lowest BCUT2D eigenvalue weighted by molar-refractivity contribution is -0.124.